The van der Waals surface area contributed by atoms with Crippen LogP contribution >= 0.6 is 0 Å². The van der Waals surface area contributed by atoms with Gasteiger partial charge in [-0.1, -0.05) is 36.4 Å². The molecular formula is C26H26N4O4. The fourth-order valence-electron chi connectivity index (χ4n) is 3.55. The fraction of sp³-hybridized carbons (Fsp3) is 0.231. The average molecular weight is 459 g/mol. The molecule has 0 aliphatic carbocycles. The Morgan fingerprint density at radius 2 is 1.85 bits per heavy atom. The lowest BCUT2D eigenvalue weighted by molar-refractivity contribution is -0.136. The number of carbonyl (C=O) groups is 2. The zero-order valence-corrected chi connectivity index (χ0v) is 19.1. The minimum atomic E-state index is -0.500. The largest absolute Gasteiger partial charge is 0.507 e. The number of likely N-dealkylation sites (N-methyl/N-ethyl adjacent to an activating group) is 1. The summed E-state index contributed by atoms with van der Waals surface area (Å²) in [5.41, 5.74) is 4.40. The van der Waals surface area contributed by atoms with Crippen molar-refractivity contribution in [2.75, 3.05) is 19.7 Å². The summed E-state index contributed by atoms with van der Waals surface area (Å²) in [6.07, 6.45) is 1.54. The summed E-state index contributed by atoms with van der Waals surface area (Å²) in [5, 5.41) is 24.5. The van der Waals surface area contributed by atoms with Crippen LogP contribution in [0.3, 0.4) is 0 Å². The number of aromatic hydroxyl groups is 1. The molecule has 8 heteroatoms. The fourth-order valence-corrected chi connectivity index (χ4v) is 3.55. The van der Waals surface area contributed by atoms with Gasteiger partial charge < -0.3 is 14.7 Å². The van der Waals surface area contributed by atoms with Crippen molar-refractivity contribution >= 4 is 28.8 Å². The van der Waals surface area contributed by atoms with Crippen LogP contribution in [0.4, 0.5) is 0 Å². The van der Waals surface area contributed by atoms with Gasteiger partial charge in [-0.3, -0.25) is 9.59 Å². The zero-order chi connectivity index (χ0) is 24.5. The third-order valence-electron chi connectivity index (χ3n) is 5.39. The third kappa shape index (κ3) is 5.77. The van der Waals surface area contributed by atoms with Gasteiger partial charge >= 0.3 is 0 Å². The number of phenolic OH excluding ortho intramolecular Hbond substituents is 1. The van der Waals surface area contributed by atoms with Gasteiger partial charge in [-0.25, -0.2) is 5.43 Å². The number of hydrogen-bond donors (Lipinski definition) is 2. The highest BCUT2D eigenvalue weighted by atomic mass is 16.5. The van der Waals surface area contributed by atoms with Crippen LogP contribution in [0.5, 0.6) is 5.75 Å². The molecule has 0 aliphatic rings. The van der Waals surface area contributed by atoms with Gasteiger partial charge in [0.15, 0.2) is 0 Å². The Balaban J connectivity index is 1.71. The normalized spacial score (nSPS) is 10.9. The van der Waals surface area contributed by atoms with E-state index in [1.54, 1.807) is 11.1 Å². The summed E-state index contributed by atoms with van der Waals surface area (Å²) in [5.74, 6) is -0.722. The number of hydrazone groups is 1. The van der Waals surface area contributed by atoms with Gasteiger partial charge in [-0.2, -0.15) is 10.4 Å². The molecule has 34 heavy (non-hydrogen) atoms. The Bertz CT molecular complexity index is 1260. The number of amides is 2. The van der Waals surface area contributed by atoms with Crippen LogP contribution in [0.25, 0.3) is 10.8 Å². The van der Waals surface area contributed by atoms with Gasteiger partial charge in [-0.05, 0) is 48.4 Å². The van der Waals surface area contributed by atoms with Gasteiger partial charge in [-0.15, -0.1) is 0 Å². The molecule has 0 saturated heterocycles. The summed E-state index contributed by atoms with van der Waals surface area (Å²) in [6, 6.07) is 17.4. The monoisotopic (exact) mass is 458 g/mol. The van der Waals surface area contributed by atoms with Crippen LogP contribution in [0, 0.1) is 11.3 Å². The van der Waals surface area contributed by atoms with E-state index >= 15 is 0 Å². The highest BCUT2D eigenvalue weighted by Crippen LogP contribution is 2.22. The lowest BCUT2D eigenvalue weighted by Crippen LogP contribution is -2.33. The highest BCUT2D eigenvalue weighted by molar-refractivity contribution is 6.02. The maximum atomic E-state index is 12.3. The van der Waals surface area contributed by atoms with Crippen LogP contribution in [0.2, 0.25) is 0 Å². The van der Waals surface area contributed by atoms with E-state index < -0.39 is 5.91 Å². The quantitative estimate of drug-likeness (QED) is 0.376. The van der Waals surface area contributed by atoms with Gasteiger partial charge in [0.2, 0.25) is 5.91 Å². The number of nitriles is 1. The van der Waals surface area contributed by atoms with Gasteiger partial charge in [0, 0.05) is 24.2 Å². The number of rotatable bonds is 9. The summed E-state index contributed by atoms with van der Waals surface area (Å²) in [7, 11) is 0. The summed E-state index contributed by atoms with van der Waals surface area (Å²) in [6.45, 7) is 5.49. The molecule has 3 rings (SSSR count). The molecule has 3 aromatic rings. The highest BCUT2D eigenvalue weighted by Gasteiger charge is 2.11. The maximum Gasteiger partial charge on any atom is 0.271 e. The van der Waals surface area contributed by atoms with Crippen molar-refractivity contribution in [2.45, 2.75) is 20.5 Å². The molecule has 0 saturated carbocycles. The molecule has 0 aliphatic heterocycles. The Kier molecular flexibility index (Phi) is 8.32. The first-order valence-corrected chi connectivity index (χ1v) is 10.9. The van der Waals surface area contributed by atoms with Crippen molar-refractivity contribution in [3.63, 3.8) is 0 Å². The summed E-state index contributed by atoms with van der Waals surface area (Å²) >= 11 is 0. The van der Waals surface area contributed by atoms with Gasteiger partial charge in [0.1, 0.15) is 18.4 Å². The molecule has 0 atom stereocenters. The smallest absolute Gasteiger partial charge is 0.271 e. The predicted molar refractivity (Wildman–Crippen MR) is 129 cm³/mol. The minimum absolute atomic E-state index is 0.0132. The lowest BCUT2D eigenvalue weighted by Gasteiger charge is -2.18. The number of ether oxygens (including phenoxy) is 1. The molecule has 0 fully saturated rings. The second-order valence-corrected chi connectivity index (χ2v) is 7.46. The third-order valence-corrected chi connectivity index (χ3v) is 5.39. The second kappa shape index (κ2) is 11.6. The van der Waals surface area contributed by atoms with E-state index in [0.717, 1.165) is 21.9 Å². The predicted octanol–water partition coefficient (Wildman–Crippen LogP) is 3.57. The standard InChI is InChI=1S/C26H26N4O4/c1-3-30(4-2)25(32)17-34-16-20-8-6-9-22-19(7-5-10-23(20)22)15-28-29-26(33)18-11-12-24(31)21(13-18)14-27/h5-13,15,31H,3-4,16-17H2,1-2H3,(H,29,33). The first-order valence-electron chi connectivity index (χ1n) is 10.9. The molecule has 2 N–H and O–H groups in total. The number of hydrogen-bond acceptors (Lipinski definition) is 6. The molecule has 0 aromatic heterocycles. The van der Waals surface area contributed by atoms with Crippen LogP contribution in [-0.4, -0.2) is 47.7 Å². The number of phenols is 1. The maximum absolute atomic E-state index is 12.3. The molecule has 0 unspecified atom stereocenters. The van der Waals surface area contributed by atoms with Crippen molar-refractivity contribution < 1.29 is 19.4 Å². The van der Waals surface area contributed by atoms with Gasteiger partial charge in [0.25, 0.3) is 5.91 Å². The van der Waals surface area contributed by atoms with Crippen molar-refractivity contribution in [3.05, 3.63) is 76.9 Å². The van der Waals surface area contributed by atoms with E-state index in [1.165, 1.54) is 18.2 Å². The van der Waals surface area contributed by atoms with Crippen LogP contribution < -0.4 is 5.43 Å². The zero-order valence-electron chi connectivity index (χ0n) is 19.1. The Morgan fingerprint density at radius 1 is 1.12 bits per heavy atom. The first kappa shape index (κ1) is 24.4. The van der Waals surface area contributed by atoms with Gasteiger partial charge in [0.05, 0.1) is 18.4 Å². The molecular weight excluding hydrogens is 432 g/mol. The van der Waals surface area contributed by atoms with E-state index in [4.69, 9.17) is 10.00 Å². The van der Waals surface area contributed by atoms with Crippen molar-refractivity contribution in [3.8, 4) is 11.8 Å². The van der Waals surface area contributed by atoms with Crippen molar-refractivity contribution in [1.82, 2.24) is 10.3 Å². The second-order valence-electron chi connectivity index (χ2n) is 7.46. The van der Waals surface area contributed by atoms with E-state index in [0.29, 0.717) is 19.7 Å². The number of nitrogens with one attached hydrogen (secondary N) is 1. The van der Waals surface area contributed by atoms with Crippen molar-refractivity contribution in [2.24, 2.45) is 5.10 Å². The Hall–Kier alpha value is -4.22. The number of carbonyl (C=O) groups excluding carboxylic acids is 2. The number of nitrogens with zero attached hydrogens (tertiary/aromatic N) is 3. The summed E-state index contributed by atoms with van der Waals surface area (Å²) < 4.78 is 5.68. The van der Waals surface area contributed by atoms with E-state index in [9.17, 15) is 14.7 Å². The lowest BCUT2D eigenvalue weighted by atomic mass is 10.0. The van der Waals surface area contributed by atoms with E-state index in [1.807, 2.05) is 56.3 Å². The number of fused-ring (bicyclic) bond motifs is 1. The molecule has 0 heterocycles. The molecule has 0 bridgehead atoms. The van der Waals surface area contributed by atoms with Crippen LogP contribution in [-0.2, 0) is 16.1 Å². The first-order chi connectivity index (χ1) is 16.5. The van der Waals surface area contributed by atoms with E-state index in [-0.39, 0.29) is 29.4 Å². The minimum Gasteiger partial charge on any atom is -0.507 e. The average Bonchev–Trinajstić information content (AvgIpc) is 2.85. The molecule has 0 spiro atoms. The molecule has 3 aromatic carbocycles. The molecule has 0 radical (unpaired) electrons. The van der Waals surface area contributed by atoms with Crippen LogP contribution in [0.1, 0.15) is 40.9 Å². The molecule has 174 valence electrons. The topological polar surface area (TPSA) is 115 Å². The van der Waals surface area contributed by atoms with Crippen molar-refractivity contribution in [1.29, 1.82) is 5.26 Å². The molecule has 8 nitrogen and oxygen atoms in total. The SMILES string of the molecule is CCN(CC)C(=O)COCc1cccc2c(C=NNC(=O)c3ccc(O)c(C#N)c3)cccc12. The Labute approximate surface area is 198 Å². The van der Waals surface area contributed by atoms with Crippen LogP contribution in [0.15, 0.2) is 59.7 Å². The van der Waals surface area contributed by atoms with E-state index in [2.05, 4.69) is 10.5 Å². The molecule has 2 amide bonds. The number of benzene rings is 3. The Morgan fingerprint density at radius 3 is 2.59 bits per heavy atom. The summed E-state index contributed by atoms with van der Waals surface area (Å²) in [4.78, 5) is 26.2.